The van der Waals surface area contributed by atoms with Crippen molar-refractivity contribution in [2.45, 2.75) is 6.42 Å². The van der Waals surface area contributed by atoms with E-state index < -0.39 is 0 Å². The number of hydrogen-bond donors (Lipinski definition) is 0. The van der Waals surface area contributed by atoms with Crippen molar-refractivity contribution in [1.82, 2.24) is 0 Å². The highest BCUT2D eigenvalue weighted by atomic mass is 16.1. The maximum atomic E-state index is 12.9. The number of benzene rings is 4. The predicted octanol–water partition coefficient (Wildman–Crippen LogP) is 5.66. The van der Waals surface area contributed by atoms with Crippen LogP contribution in [0.3, 0.4) is 0 Å². The Labute approximate surface area is 147 Å². The molecular formula is C24H18O. The molecule has 0 heterocycles. The molecule has 4 aromatic carbocycles. The molecule has 0 saturated heterocycles. The lowest BCUT2D eigenvalue weighted by Crippen LogP contribution is -2.03. The maximum Gasteiger partial charge on any atom is 0.193 e. The van der Waals surface area contributed by atoms with Gasteiger partial charge < -0.3 is 0 Å². The number of carbonyl (C=O) groups excluding carboxylic acids is 1. The Morgan fingerprint density at radius 1 is 0.600 bits per heavy atom. The first kappa shape index (κ1) is 15.3. The van der Waals surface area contributed by atoms with Crippen LogP contribution in [-0.2, 0) is 6.42 Å². The lowest BCUT2D eigenvalue weighted by molar-refractivity contribution is 0.104. The van der Waals surface area contributed by atoms with Crippen LogP contribution in [0, 0.1) is 0 Å². The molecule has 0 aliphatic heterocycles. The van der Waals surface area contributed by atoms with E-state index >= 15 is 0 Å². The van der Waals surface area contributed by atoms with Gasteiger partial charge in [0.25, 0.3) is 0 Å². The molecule has 0 aliphatic rings. The zero-order chi connectivity index (χ0) is 17.1. The van der Waals surface area contributed by atoms with Crippen LogP contribution >= 0.6 is 0 Å². The number of ketones is 1. The minimum absolute atomic E-state index is 0.0723. The minimum atomic E-state index is 0.0723. The molecule has 1 nitrogen and oxygen atoms in total. The van der Waals surface area contributed by atoms with Crippen LogP contribution in [0.25, 0.3) is 10.8 Å². The van der Waals surface area contributed by atoms with E-state index in [0.29, 0.717) is 0 Å². The van der Waals surface area contributed by atoms with E-state index in [1.165, 1.54) is 11.1 Å². The molecule has 120 valence electrons. The van der Waals surface area contributed by atoms with Crippen molar-refractivity contribution in [2.75, 3.05) is 0 Å². The Balaban J connectivity index is 1.81. The van der Waals surface area contributed by atoms with Crippen LogP contribution < -0.4 is 0 Å². The first-order chi connectivity index (χ1) is 12.3. The summed E-state index contributed by atoms with van der Waals surface area (Å²) in [6, 6.07) is 32.1. The summed E-state index contributed by atoms with van der Waals surface area (Å²) in [5.74, 6) is 0.0723. The molecule has 0 atom stereocenters. The molecule has 0 aromatic heterocycles. The van der Waals surface area contributed by atoms with Crippen molar-refractivity contribution < 1.29 is 4.79 Å². The molecule has 4 aromatic rings. The lowest BCUT2D eigenvalue weighted by Gasteiger charge is -2.11. The molecule has 4 rings (SSSR count). The van der Waals surface area contributed by atoms with Crippen molar-refractivity contribution in [3.8, 4) is 0 Å². The highest BCUT2D eigenvalue weighted by Crippen LogP contribution is 2.26. The molecule has 0 N–H and O–H groups in total. The Morgan fingerprint density at radius 2 is 1.20 bits per heavy atom. The zero-order valence-corrected chi connectivity index (χ0v) is 13.9. The van der Waals surface area contributed by atoms with Crippen LogP contribution in [0.2, 0.25) is 0 Å². The SMILES string of the molecule is O=C(c1ccccc1)c1ccc(Cc2ccccc2)c2ccccc12. The van der Waals surface area contributed by atoms with Gasteiger partial charge in [-0.2, -0.15) is 0 Å². The fourth-order valence-electron chi connectivity index (χ4n) is 3.27. The maximum absolute atomic E-state index is 12.9. The predicted molar refractivity (Wildman–Crippen MR) is 103 cm³/mol. The minimum Gasteiger partial charge on any atom is -0.289 e. The summed E-state index contributed by atoms with van der Waals surface area (Å²) in [5.41, 5.74) is 4.00. The van der Waals surface area contributed by atoms with E-state index in [9.17, 15) is 4.79 Å². The molecule has 0 amide bonds. The second kappa shape index (κ2) is 6.74. The van der Waals surface area contributed by atoms with Crippen LogP contribution in [0.1, 0.15) is 27.0 Å². The summed E-state index contributed by atoms with van der Waals surface area (Å²) in [6.07, 6.45) is 0.862. The van der Waals surface area contributed by atoms with Crippen LogP contribution in [0.15, 0.2) is 97.1 Å². The van der Waals surface area contributed by atoms with Gasteiger partial charge >= 0.3 is 0 Å². The first-order valence-corrected chi connectivity index (χ1v) is 8.47. The van der Waals surface area contributed by atoms with Gasteiger partial charge in [-0.1, -0.05) is 97.1 Å². The summed E-state index contributed by atoms with van der Waals surface area (Å²) in [7, 11) is 0. The van der Waals surface area contributed by atoms with E-state index in [4.69, 9.17) is 0 Å². The number of fused-ring (bicyclic) bond motifs is 1. The van der Waals surface area contributed by atoms with Gasteiger partial charge in [0.2, 0.25) is 0 Å². The number of carbonyl (C=O) groups is 1. The van der Waals surface area contributed by atoms with Gasteiger partial charge in [-0.25, -0.2) is 0 Å². The van der Waals surface area contributed by atoms with Gasteiger partial charge in [0.05, 0.1) is 0 Å². The van der Waals surface area contributed by atoms with Crippen LogP contribution in [0.4, 0.5) is 0 Å². The number of rotatable bonds is 4. The highest BCUT2D eigenvalue weighted by Gasteiger charge is 2.14. The van der Waals surface area contributed by atoms with E-state index in [1.54, 1.807) is 0 Å². The van der Waals surface area contributed by atoms with Gasteiger partial charge in [0.1, 0.15) is 0 Å². The molecule has 0 spiro atoms. The van der Waals surface area contributed by atoms with Crippen molar-refractivity contribution >= 4 is 16.6 Å². The average molecular weight is 322 g/mol. The van der Waals surface area contributed by atoms with Crippen molar-refractivity contribution in [3.05, 3.63) is 119 Å². The van der Waals surface area contributed by atoms with E-state index in [-0.39, 0.29) is 5.78 Å². The van der Waals surface area contributed by atoms with Crippen molar-refractivity contribution in [3.63, 3.8) is 0 Å². The van der Waals surface area contributed by atoms with Crippen molar-refractivity contribution in [2.24, 2.45) is 0 Å². The van der Waals surface area contributed by atoms with Crippen LogP contribution in [0.5, 0.6) is 0 Å². The lowest BCUT2D eigenvalue weighted by atomic mass is 9.92. The molecule has 0 unspecified atom stereocenters. The number of hydrogen-bond acceptors (Lipinski definition) is 1. The third-order valence-corrected chi connectivity index (χ3v) is 4.53. The Morgan fingerprint density at radius 3 is 1.92 bits per heavy atom. The summed E-state index contributed by atoms with van der Waals surface area (Å²) in [5, 5.41) is 2.16. The first-order valence-electron chi connectivity index (χ1n) is 8.47. The quantitative estimate of drug-likeness (QED) is 0.443. The van der Waals surface area contributed by atoms with E-state index in [1.807, 2.05) is 60.7 Å². The highest BCUT2D eigenvalue weighted by molar-refractivity contribution is 6.16. The molecule has 0 saturated carbocycles. The summed E-state index contributed by atoms with van der Waals surface area (Å²) in [4.78, 5) is 12.9. The second-order valence-electron chi connectivity index (χ2n) is 6.18. The Bertz CT molecular complexity index is 1020. The fourth-order valence-corrected chi connectivity index (χ4v) is 3.27. The Kier molecular flexibility index (Phi) is 4.14. The topological polar surface area (TPSA) is 17.1 Å². The normalized spacial score (nSPS) is 10.7. The summed E-state index contributed by atoms with van der Waals surface area (Å²) < 4.78 is 0. The largest absolute Gasteiger partial charge is 0.289 e. The molecular weight excluding hydrogens is 304 g/mol. The fraction of sp³-hybridized carbons (Fsp3) is 0.0417. The van der Waals surface area contributed by atoms with Gasteiger partial charge in [0.15, 0.2) is 5.78 Å². The second-order valence-corrected chi connectivity index (χ2v) is 6.18. The molecule has 0 aliphatic carbocycles. The smallest absolute Gasteiger partial charge is 0.193 e. The van der Waals surface area contributed by atoms with Gasteiger partial charge in [-0.3, -0.25) is 4.79 Å². The molecule has 25 heavy (non-hydrogen) atoms. The standard InChI is InChI=1S/C24H18O/c25-24(19-11-5-2-6-12-19)23-16-15-20(17-18-9-3-1-4-10-18)21-13-7-8-14-22(21)23/h1-16H,17H2. The molecule has 0 radical (unpaired) electrons. The van der Waals surface area contributed by atoms with Crippen molar-refractivity contribution in [1.29, 1.82) is 0 Å². The van der Waals surface area contributed by atoms with Gasteiger partial charge in [-0.05, 0) is 28.3 Å². The Hall–Kier alpha value is -3.19. The summed E-state index contributed by atoms with van der Waals surface area (Å²) >= 11 is 0. The summed E-state index contributed by atoms with van der Waals surface area (Å²) in [6.45, 7) is 0. The van der Waals surface area contributed by atoms with E-state index in [0.717, 1.165) is 28.3 Å². The third-order valence-electron chi connectivity index (χ3n) is 4.53. The molecule has 0 fully saturated rings. The monoisotopic (exact) mass is 322 g/mol. The molecule has 1 heteroatoms. The third kappa shape index (κ3) is 3.09. The van der Waals surface area contributed by atoms with E-state index in [2.05, 4.69) is 36.4 Å². The average Bonchev–Trinajstić information content (AvgIpc) is 2.69. The molecule has 0 bridgehead atoms. The van der Waals surface area contributed by atoms with Gasteiger partial charge in [0, 0.05) is 11.1 Å². The van der Waals surface area contributed by atoms with Gasteiger partial charge in [-0.15, -0.1) is 0 Å². The zero-order valence-electron chi connectivity index (χ0n) is 13.9. The van der Waals surface area contributed by atoms with Crippen LogP contribution in [-0.4, -0.2) is 5.78 Å².